The van der Waals surface area contributed by atoms with Crippen molar-refractivity contribution in [1.82, 2.24) is 24.7 Å². The fraction of sp³-hybridized carbons (Fsp3) is 0.500. The van der Waals surface area contributed by atoms with Crippen LogP contribution in [0.4, 0.5) is 0 Å². The second-order valence-corrected chi connectivity index (χ2v) is 6.81. The van der Waals surface area contributed by atoms with Crippen molar-refractivity contribution in [2.45, 2.75) is 6.42 Å². The van der Waals surface area contributed by atoms with Crippen LogP contribution in [0.3, 0.4) is 0 Å². The Morgan fingerprint density at radius 2 is 1.88 bits per heavy atom. The van der Waals surface area contributed by atoms with E-state index in [0.29, 0.717) is 23.0 Å². The van der Waals surface area contributed by atoms with E-state index in [4.69, 9.17) is 0 Å². The van der Waals surface area contributed by atoms with Gasteiger partial charge in [-0.05, 0) is 38.2 Å². The second kappa shape index (κ2) is 7.84. The van der Waals surface area contributed by atoms with E-state index in [0.717, 1.165) is 43.7 Å². The Labute approximate surface area is 151 Å². The lowest BCUT2D eigenvalue weighted by molar-refractivity contribution is 0.0949. The van der Waals surface area contributed by atoms with Gasteiger partial charge in [0, 0.05) is 45.3 Å². The van der Waals surface area contributed by atoms with E-state index in [2.05, 4.69) is 27.1 Å². The molecule has 26 heavy (non-hydrogen) atoms. The Kier molecular flexibility index (Phi) is 5.53. The minimum absolute atomic E-state index is 0.202. The maximum Gasteiger partial charge on any atom is 0.328 e. The first kappa shape index (κ1) is 18.3. The van der Waals surface area contributed by atoms with E-state index in [1.807, 2.05) is 0 Å². The van der Waals surface area contributed by atoms with Crippen molar-refractivity contribution in [2.75, 3.05) is 46.3 Å². The molecule has 3 rings (SSSR count). The summed E-state index contributed by atoms with van der Waals surface area (Å²) in [6.07, 6.45) is 0.889. The highest BCUT2D eigenvalue weighted by molar-refractivity contribution is 5.97. The van der Waals surface area contributed by atoms with Gasteiger partial charge in [0.05, 0.1) is 10.9 Å². The zero-order valence-corrected chi connectivity index (χ0v) is 15.2. The van der Waals surface area contributed by atoms with Gasteiger partial charge in [-0.25, -0.2) is 4.79 Å². The number of hydrogen-bond donors (Lipinski definition) is 2. The molecule has 8 heteroatoms. The first-order valence-electron chi connectivity index (χ1n) is 8.88. The molecule has 0 atom stereocenters. The van der Waals surface area contributed by atoms with Crippen molar-refractivity contribution in [3.8, 4) is 0 Å². The molecule has 1 fully saturated rings. The van der Waals surface area contributed by atoms with Crippen LogP contribution in [0, 0.1) is 0 Å². The molecule has 0 aliphatic carbocycles. The summed E-state index contributed by atoms with van der Waals surface area (Å²) >= 11 is 0. The molecule has 1 aromatic carbocycles. The predicted molar refractivity (Wildman–Crippen MR) is 101 cm³/mol. The summed E-state index contributed by atoms with van der Waals surface area (Å²) in [6, 6.07) is 4.73. The largest absolute Gasteiger partial charge is 0.352 e. The van der Waals surface area contributed by atoms with Crippen molar-refractivity contribution in [1.29, 1.82) is 0 Å². The molecule has 0 radical (unpaired) electrons. The maximum absolute atomic E-state index is 12.3. The van der Waals surface area contributed by atoms with Crippen LogP contribution >= 0.6 is 0 Å². The molecule has 0 spiro atoms. The van der Waals surface area contributed by atoms with Gasteiger partial charge >= 0.3 is 5.69 Å². The van der Waals surface area contributed by atoms with Crippen LogP contribution in [0.25, 0.3) is 10.9 Å². The van der Waals surface area contributed by atoms with Crippen molar-refractivity contribution in [3.05, 3.63) is 44.6 Å². The third-order valence-corrected chi connectivity index (χ3v) is 4.90. The minimum atomic E-state index is -0.493. The summed E-state index contributed by atoms with van der Waals surface area (Å²) in [6.45, 7) is 5.86. The Hall–Kier alpha value is -2.45. The number of aromatic nitrogens is 2. The molecule has 8 nitrogen and oxygen atoms in total. The van der Waals surface area contributed by atoms with Gasteiger partial charge in [0.1, 0.15) is 0 Å². The average molecular weight is 359 g/mol. The van der Waals surface area contributed by atoms with E-state index >= 15 is 0 Å². The third-order valence-electron chi connectivity index (χ3n) is 4.90. The highest BCUT2D eigenvalue weighted by Gasteiger charge is 2.13. The minimum Gasteiger partial charge on any atom is -0.352 e. The van der Waals surface area contributed by atoms with Crippen molar-refractivity contribution in [2.24, 2.45) is 7.05 Å². The first-order valence-corrected chi connectivity index (χ1v) is 8.88. The van der Waals surface area contributed by atoms with Crippen LogP contribution in [-0.4, -0.2) is 71.6 Å². The highest BCUT2D eigenvalue weighted by Crippen LogP contribution is 2.09. The third kappa shape index (κ3) is 4.03. The smallest absolute Gasteiger partial charge is 0.328 e. The summed E-state index contributed by atoms with van der Waals surface area (Å²) in [5.41, 5.74) is -0.0562. The lowest BCUT2D eigenvalue weighted by Crippen LogP contribution is -2.45. The maximum atomic E-state index is 12.3. The van der Waals surface area contributed by atoms with Crippen LogP contribution in [0.1, 0.15) is 16.8 Å². The molecule has 1 saturated heterocycles. The van der Waals surface area contributed by atoms with Gasteiger partial charge in [-0.1, -0.05) is 0 Å². The number of fused-ring (bicyclic) bond motifs is 1. The number of carbonyl (C=O) groups is 1. The van der Waals surface area contributed by atoms with Gasteiger partial charge in [-0.2, -0.15) is 0 Å². The van der Waals surface area contributed by atoms with Gasteiger partial charge in [-0.3, -0.25) is 14.2 Å². The van der Waals surface area contributed by atoms with Crippen molar-refractivity contribution >= 4 is 16.8 Å². The van der Waals surface area contributed by atoms with E-state index < -0.39 is 5.69 Å². The van der Waals surface area contributed by atoms with Gasteiger partial charge in [0.25, 0.3) is 11.5 Å². The number of nitrogens with one attached hydrogen (secondary N) is 2. The van der Waals surface area contributed by atoms with Gasteiger partial charge in [-0.15, -0.1) is 0 Å². The van der Waals surface area contributed by atoms with Crippen LogP contribution < -0.4 is 16.6 Å². The lowest BCUT2D eigenvalue weighted by Gasteiger charge is -2.32. The topological polar surface area (TPSA) is 90.4 Å². The van der Waals surface area contributed by atoms with E-state index in [9.17, 15) is 14.4 Å². The second-order valence-electron chi connectivity index (χ2n) is 6.81. The van der Waals surface area contributed by atoms with Gasteiger partial charge in [0.2, 0.25) is 0 Å². The molecule has 1 aliphatic heterocycles. The standard InChI is InChI=1S/C18H25N5O3/c1-21-8-10-23(11-9-21)7-3-6-19-16(24)13-4-5-14-15(12-13)20-18(26)22(2)17(14)25/h4-5,12H,3,6-11H2,1-2H3,(H,19,24)(H,20,26). The molecular weight excluding hydrogens is 334 g/mol. The molecule has 1 amide bonds. The van der Waals surface area contributed by atoms with Crippen LogP contribution in [0.2, 0.25) is 0 Å². The molecule has 0 saturated carbocycles. The molecule has 0 bridgehead atoms. The van der Waals surface area contributed by atoms with E-state index in [-0.39, 0.29) is 11.5 Å². The number of likely N-dealkylation sites (N-methyl/N-ethyl adjacent to an activating group) is 1. The number of piperazine rings is 1. The number of aromatic amines is 1. The van der Waals surface area contributed by atoms with Crippen LogP contribution in [0.5, 0.6) is 0 Å². The molecule has 140 valence electrons. The molecule has 2 N–H and O–H groups in total. The lowest BCUT2D eigenvalue weighted by atomic mass is 10.1. The number of hydrogen-bond acceptors (Lipinski definition) is 5. The predicted octanol–water partition coefficient (Wildman–Crippen LogP) is -0.406. The van der Waals surface area contributed by atoms with Gasteiger partial charge in [0.15, 0.2) is 0 Å². The summed E-state index contributed by atoms with van der Waals surface area (Å²) in [5.74, 6) is -0.202. The average Bonchev–Trinajstić information content (AvgIpc) is 2.64. The number of benzene rings is 1. The monoisotopic (exact) mass is 359 g/mol. The van der Waals surface area contributed by atoms with Crippen molar-refractivity contribution in [3.63, 3.8) is 0 Å². The number of rotatable bonds is 5. The van der Waals surface area contributed by atoms with Crippen LogP contribution in [0.15, 0.2) is 27.8 Å². The number of carbonyl (C=O) groups excluding carboxylic acids is 1. The number of H-pyrrole nitrogens is 1. The van der Waals surface area contributed by atoms with Crippen molar-refractivity contribution < 1.29 is 4.79 Å². The zero-order valence-electron chi connectivity index (χ0n) is 15.2. The fourth-order valence-electron chi connectivity index (χ4n) is 3.13. The Morgan fingerprint density at radius 1 is 1.15 bits per heavy atom. The quantitative estimate of drug-likeness (QED) is 0.709. The molecule has 2 heterocycles. The first-order chi connectivity index (χ1) is 12.5. The van der Waals surface area contributed by atoms with Gasteiger partial charge < -0.3 is 20.1 Å². The highest BCUT2D eigenvalue weighted by atomic mass is 16.2. The summed E-state index contributed by atoms with van der Waals surface area (Å²) in [7, 11) is 3.55. The molecule has 0 unspecified atom stereocenters. The zero-order chi connectivity index (χ0) is 18.7. The Bertz CT molecular complexity index is 909. The normalized spacial score (nSPS) is 16.1. The summed E-state index contributed by atoms with van der Waals surface area (Å²) < 4.78 is 1.01. The summed E-state index contributed by atoms with van der Waals surface area (Å²) in [4.78, 5) is 43.4. The van der Waals surface area contributed by atoms with Crippen LogP contribution in [-0.2, 0) is 7.05 Å². The Balaban J connectivity index is 1.57. The summed E-state index contributed by atoms with van der Waals surface area (Å²) in [5, 5.41) is 3.29. The number of amides is 1. The molecule has 1 aromatic heterocycles. The SMILES string of the molecule is CN1CCN(CCCNC(=O)c2ccc3c(=O)n(C)c(=O)[nH]c3c2)CC1. The molecular formula is C18H25N5O3. The molecule has 1 aliphatic rings. The Morgan fingerprint density at radius 3 is 2.62 bits per heavy atom. The fourth-order valence-corrected chi connectivity index (χ4v) is 3.13. The number of nitrogens with zero attached hydrogens (tertiary/aromatic N) is 3. The molecule has 2 aromatic rings. The van der Waals surface area contributed by atoms with E-state index in [1.54, 1.807) is 18.2 Å². The van der Waals surface area contributed by atoms with E-state index in [1.165, 1.54) is 7.05 Å².